The number of aryl methyl sites for hydroxylation is 1. The van der Waals surface area contributed by atoms with E-state index in [4.69, 9.17) is 5.73 Å². The maximum absolute atomic E-state index is 12.6. The zero-order valence-corrected chi connectivity index (χ0v) is 19.4. The van der Waals surface area contributed by atoms with Gasteiger partial charge < -0.3 is 21.7 Å². The average molecular weight is 468 g/mol. The number of nitrogens with one attached hydrogen (secondary N) is 3. The largest absolute Gasteiger partial charge is 0.384 e. The number of hydrogen-bond acceptors (Lipinski definition) is 5. The minimum Gasteiger partial charge on any atom is -0.384 e. The van der Waals surface area contributed by atoms with Crippen molar-refractivity contribution in [2.45, 2.75) is 51.2 Å². The van der Waals surface area contributed by atoms with Crippen molar-refractivity contribution in [1.29, 1.82) is 0 Å². The van der Waals surface area contributed by atoms with Gasteiger partial charge in [0.15, 0.2) is 0 Å². The molecule has 0 unspecified atom stereocenters. The second kappa shape index (κ2) is 12.5. The molecule has 1 aliphatic heterocycles. The summed E-state index contributed by atoms with van der Waals surface area (Å²) in [6.07, 6.45) is 1.46. The number of nitrogens with two attached hydrogens (primary N) is 1. The second-order valence-corrected chi connectivity index (χ2v) is 7.45. The molecule has 2 heterocycles. The number of carbonyl (C=O) groups excluding carboxylic acids is 2. The SMILES string of the molecule is CCc1nc(N)ccc1CNC(=O)[C@H](C)NC(=O)[C@H]1C[C@H](c2ccccc2)CN1.Cl.Cl. The molecule has 0 saturated carbocycles. The third-order valence-electron chi connectivity index (χ3n) is 5.35. The first kappa shape index (κ1) is 26.7. The van der Waals surface area contributed by atoms with Gasteiger partial charge in [-0.2, -0.15) is 0 Å². The fourth-order valence-corrected chi connectivity index (χ4v) is 3.64. The summed E-state index contributed by atoms with van der Waals surface area (Å²) >= 11 is 0. The number of anilines is 1. The van der Waals surface area contributed by atoms with Gasteiger partial charge in [0.05, 0.1) is 6.04 Å². The van der Waals surface area contributed by atoms with E-state index in [-0.39, 0.29) is 42.7 Å². The lowest BCUT2D eigenvalue weighted by Gasteiger charge is -2.18. The minimum absolute atomic E-state index is 0. The zero-order valence-electron chi connectivity index (χ0n) is 17.8. The van der Waals surface area contributed by atoms with Crippen molar-refractivity contribution in [3.05, 3.63) is 59.3 Å². The van der Waals surface area contributed by atoms with E-state index >= 15 is 0 Å². The van der Waals surface area contributed by atoms with Gasteiger partial charge in [-0.1, -0.05) is 43.3 Å². The van der Waals surface area contributed by atoms with Gasteiger partial charge in [-0.25, -0.2) is 4.98 Å². The highest BCUT2D eigenvalue weighted by Crippen LogP contribution is 2.25. The molecule has 0 spiro atoms. The Bertz CT molecular complexity index is 866. The molecule has 0 aliphatic carbocycles. The van der Waals surface area contributed by atoms with Crippen LogP contribution >= 0.6 is 24.8 Å². The van der Waals surface area contributed by atoms with E-state index in [1.807, 2.05) is 31.2 Å². The standard InChI is InChI=1S/C22H29N5O2.2ClH/c1-3-18-16(9-10-20(23)27-18)12-25-21(28)14(2)26-22(29)19-11-17(13-24-19)15-7-5-4-6-8-15;;/h4-10,14,17,19,24H,3,11-13H2,1-2H3,(H2,23,27)(H,25,28)(H,26,29);2*1H/t14-,17-,19+;;/m0../s1. The van der Waals surface area contributed by atoms with Gasteiger partial charge >= 0.3 is 0 Å². The number of rotatable bonds is 7. The van der Waals surface area contributed by atoms with E-state index in [9.17, 15) is 9.59 Å². The van der Waals surface area contributed by atoms with Gasteiger partial charge in [-0.05, 0) is 42.9 Å². The monoisotopic (exact) mass is 467 g/mol. The molecular weight excluding hydrogens is 437 g/mol. The van der Waals surface area contributed by atoms with E-state index in [0.29, 0.717) is 18.3 Å². The summed E-state index contributed by atoms with van der Waals surface area (Å²) in [5.41, 5.74) is 8.74. The number of carbonyl (C=O) groups is 2. The van der Waals surface area contributed by atoms with Gasteiger partial charge in [-0.15, -0.1) is 24.8 Å². The number of halogens is 2. The van der Waals surface area contributed by atoms with Crippen LogP contribution in [0.1, 0.15) is 43.0 Å². The topological polar surface area (TPSA) is 109 Å². The van der Waals surface area contributed by atoms with Crippen molar-refractivity contribution < 1.29 is 9.59 Å². The molecule has 31 heavy (non-hydrogen) atoms. The van der Waals surface area contributed by atoms with E-state index in [0.717, 1.165) is 30.6 Å². The smallest absolute Gasteiger partial charge is 0.242 e. The summed E-state index contributed by atoms with van der Waals surface area (Å²) in [5, 5.41) is 8.95. The quantitative estimate of drug-likeness (QED) is 0.499. The Kier molecular flexibility index (Phi) is 10.8. The number of pyridine rings is 1. The van der Waals surface area contributed by atoms with Crippen LogP contribution in [0.3, 0.4) is 0 Å². The number of nitrogen functional groups attached to an aromatic ring is 1. The highest BCUT2D eigenvalue weighted by molar-refractivity contribution is 5.89. The zero-order chi connectivity index (χ0) is 20.8. The highest BCUT2D eigenvalue weighted by Gasteiger charge is 2.31. The minimum atomic E-state index is -0.619. The lowest BCUT2D eigenvalue weighted by Crippen LogP contribution is -2.50. The summed E-state index contributed by atoms with van der Waals surface area (Å²) < 4.78 is 0. The number of benzene rings is 1. The molecule has 0 bridgehead atoms. The molecule has 1 saturated heterocycles. The Morgan fingerprint density at radius 2 is 1.90 bits per heavy atom. The molecule has 1 aliphatic rings. The third-order valence-corrected chi connectivity index (χ3v) is 5.35. The number of amides is 2. The lowest BCUT2D eigenvalue weighted by molar-refractivity contribution is -0.129. The van der Waals surface area contributed by atoms with Crippen LogP contribution < -0.4 is 21.7 Å². The molecule has 2 aromatic rings. The van der Waals surface area contributed by atoms with Crippen LogP contribution in [0.4, 0.5) is 5.82 Å². The molecule has 3 atom stereocenters. The normalized spacial score (nSPS) is 18.3. The Morgan fingerprint density at radius 3 is 2.58 bits per heavy atom. The first-order valence-electron chi connectivity index (χ1n) is 10.1. The van der Waals surface area contributed by atoms with Crippen molar-refractivity contribution in [3.63, 3.8) is 0 Å². The van der Waals surface area contributed by atoms with Gasteiger partial charge in [0, 0.05) is 18.8 Å². The van der Waals surface area contributed by atoms with Crippen LogP contribution in [-0.2, 0) is 22.6 Å². The summed E-state index contributed by atoms with van der Waals surface area (Å²) in [6.45, 7) is 4.80. The fraction of sp³-hybridized carbons (Fsp3) is 0.409. The molecular formula is C22H31Cl2N5O2. The van der Waals surface area contributed by atoms with E-state index in [2.05, 4.69) is 33.1 Å². The summed E-state index contributed by atoms with van der Waals surface area (Å²) in [7, 11) is 0. The van der Waals surface area contributed by atoms with Crippen molar-refractivity contribution >= 4 is 42.4 Å². The lowest BCUT2D eigenvalue weighted by atomic mass is 9.96. The van der Waals surface area contributed by atoms with Gasteiger partial charge in [-0.3, -0.25) is 9.59 Å². The van der Waals surface area contributed by atoms with Crippen LogP contribution in [0.2, 0.25) is 0 Å². The summed E-state index contributed by atoms with van der Waals surface area (Å²) in [5.74, 6) is 0.404. The highest BCUT2D eigenvalue weighted by atomic mass is 35.5. The second-order valence-electron chi connectivity index (χ2n) is 7.45. The Morgan fingerprint density at radius 1 is 1.19 bits per heavy atom. The van der Waals surface area contributed by atoms with Crippen LogP contribution in [0.15, 0.2) is 42.5 Å². The van der Waals surface area contributed by atoms with Crippen molar-refractivity contribution in [2.24, 2.45) is 0 Å². The van der Waals surface area contributed by atoms with Gasteiger partial charge in [0.2, 0.25) is 11.8 Å². The summed E-state index contributed by atoms with van der Waals surface area (Å²) in [4.78, 5) is 29.3. The van der Waals surface area contributed by atoms with Crippen molar-refractivity contribution in [2.75, 3.05) is 12.3 Å². The van der Waals surface area contributed by atoms with E-state index in [1.54, 1.807) is 13.0 Å². The molecule has 2 amide bonds. The molecule has 5 N–H and O–H groups in total. The van der Waals surface area contributed by atoms with Crippen LogP contribution in [0.5, 0.6) is 0 Å². The van der Waals surface area contributed by atoms with Crippen LogP contribution in [-0.4, -0.2) is 35.4 Å². The number of nitrogens with zero attached hydrogens (tertiary/aromatic N) is 1. The third kappa shape index (κ3) is 7.09. The Balaban J connectivity index is 0.00000240. The fourth-order valence-electron chi connectivity index (χ4n) is 3.64. The van der Waals surface area contributed by atoms with Crippen LogP contribution in [0.25, 0.3) is 0 Å². The van der Waals surface area contributed by atoms with Gasteiger partial charge in [0.25, 0.3) is 0 Å². The molecule has 0 radical (unpaired) electrons. The van der Waals surface area contributed by atoms with Crippen molar-refractivity contribution in [3.8, 4) is 0 Å². The maximum Gasteiger partial charge on any atom is 0.242 e. The molecule has 7 nitrogen and oxygen atoms in total. The maximum atomic E-state index is 12.6. The van der Waals surface area contributed by atoms with E-state index in [1.165, 1.54) is 5.56 Å². The van der Waals surface area contributed by atoms with Gasteiger partial charge in [0.1, 0.15) is 11.9 Å². The number of aromatic nitrogens is 1. The predicted octanol–water partition coefficient (Wildman–Crippen LogP) is 2.34. The molecule has 1 fully saturated rings. The molecule has 1 aromatic heterocycles. The summed E-state index contributed by atoms with van der Waals surface area (Å²) in [6, 6.07) is 12.9. The Hall–Kier alpha value is -2.35. The van der Waals surface area contributed by atoms with E-state index < -0.39 is 6.04 Å². The Labute approximate surface area is 195 Å². The predicted molar refractivity (Wildman–Crippen MR) is 128 cm³/mol. The van der Waals surface area contributed by atoms with Crippen LogP contribution in [0, 0.1) is 0 Å². The molecule has 9 heteroatoms. The molecule has 3 rings (SSSR count). The number of hydrogen-bond donors (Lipinski definition) is 4. The van der Waals surface area contributed by atoms with Crippen molar-refractivity contribution in [1.82, 2.24) is 20.9 Å². The molecule has 170 valence electrons. The first-order valence-corrected chi connectivity index (χ1v) is 10.1. The average Bonchev–Trinajstić information content (AvgIpc) is 3.23. The first-order chi connectivity index (χ1) is 14.0. The molecule has 1 aromatic carbocycles.